The molecule has 1 aliphatic rings. The van der Waals surface area contributed by atoms with E-state index in [1.165, 1.54) is 24.3 Å². The van der Waals surface area contributed by atoms with Crippen LogP contribution in [0.25, 0.3) is 0 Å². The second kappa shape index (κ2) is 4.84. The van der Waals surface area contributed by atoms with Gasteiger partial charge in [-0.3, -0.25) is 30.3 Å². The summed E-state index contributed by atoms with van der Waals surface area (Å²) in [4.78, 5) is 43.8. The fraction of sp³-hybridized carbons (Fsp3) is 0.182. The predicted octanol–water partition coefficient (Wildman–Crippen LogP) is 0.119. The number of nitrogens with one attached hydrogen (secondary N) is 2. The highest BCUT2D eigenvalue weighted by atomic mass is 16.6. The quantitative estimate of drug-likeness (QED) is 0.456. The Morgan fingerprint density at radius 1 is 1.05 bits per heavy atom. The van der Waals surface area contributed by atoms with E-state index in [0.29, 0.717) is 5.56 Å². The van der Waals surface area contributed by atoms with Gasteiger partial charge in [0, 0.05) is 12.1 Å². The first-order valence-electron chi connectivity index (χ1n) is 5.36. The lowest BCUT2D eigenvalue weighted by atomic mass is 9.96. The lowest BCUT2D eigenvalue weighted by Crippen LogP contribution is -2.56. The van der Waals surface area contributed by atoms with E-state index in [2.05, 4.69) is 0 Å². The summed E-state index contributed by atoms with van der Waals surface area (Å²) in [7, 11) is 0. The van der Waals surface area contributed by atoms with Gasteiger partial charge in [0.15, 0.2) is 0 Å². The number of urea groups is 1. The van der Waals surface area contributed by atoms with Crippen molar-refractivity contribution in [3.8, 4) is 0 Å². The number of nitrogens with zero attached hydrogens (tertiary/aromatic N) is 1. The first kappa shape index (κ1) is 12.7. The molecule has 2 N–H and O–H groups in total. The van der Waals surface area contributed by atoms with Crippen LogP contribution in [0, 0.1) is 16.0 Å². The summed E-state index contributed by atoms with van der Waals surface area (Å²) in [6.07, 6.45) is 0.0724. The first-order valence-corrected chi connectivity index (χ1v) is 5.36. The van der Waals surface area contributed by atoms with Crippen LogP contribution in [0.15, 0.2) is 24.3 Å². The second-order valence-electron chi connectivity index (χ2n) is 3.99. The van der Waals surface area contributed by atoms with Crippen LogP contribution in [0.2, 0.25) is 0 Å². The Labute approximate surface area is 106 Å². The van der Waals surface area contributed by atoms with Gasteiger partial charge < -0.3 is 0 Å². The van der Waals surface area contributed by atoms with Crippen molar-refractivity contribution in [1.29, 1.82) is 0 Å². The number of carbonyl (C=O) groups excluding carboxylic acids is 3. The van der Waals surface area contributed by atoms with Crippen molar-refractivity contribution in [2.24, 2.45) is 5.92 Å². The van der Waals surface area contributed by atoms with Crippen LogP contribution in [-0.4, -0.2) is 22.8 Å². The molecule has 1 aliphatic heterocycles. The molecule has 0 spiro atoms. The third-order valence-electron chi connectivity index (χ3n) is 2.69. The maximum atomic E-state index is 11.5. The number of amides is 4. The number of nitro groups is 1. The van der Waals surface area contributed by atoms with Crippen LogP contribution in [0.1, 0.15) is 5.56 Å². The summed E-state index contributed by atoms with van der Waals surface area (Å²) < 4.78 is 0. The molecule has 0 aromatic heterocycles. The van der Waals surface area contributed by atoms with Crippen LogP contribution in [0.4, 0.5) is 10.5 Å². The Hall–Kier alpha value is -2.77. The smallest absolute Gasteiger partial charge is 0.277 e. The normalized spacial score (nSPS) is 15.9. The van der Waals surface area contributed by atoms with E-state index < -0.39 is 28.7 Å². The zero-order valence-corrected chi connectivity index (χ0v) is 9.58. The van der Waals surface area contributed by atoms with Gasteiger partial charge in [0.1, 0.15) is 5.92 Å². The lowest BCUT2D eigenvalue weighted by Gasteiger charge is -2.20. The molecule has 0 saturated carbocycles. The minimum atomic E-state index is -1.01. The average Bonchev–Trinajstić information content (AvgIpc) is 2.34. The zero-order chi connectivity index (χ0) is 14.0. The highest BCUT2D eigenvalue weighted by Gasteiger charge is 2.34. The fourth-order valence-electron chi connectivity index (χ4n) is 1.72. The van der Waals surface area contributed by atoms with Gasteiger partial charge in [0.05, 0.1) is 4.92 Å². The zero-order valence-electron chi connectivity index (χ0n) is 9.58. The Morgan fingerprint density at radius 2 is 1.58 bits per heavy atom. The fourth-order valence-corrected chi connectivity index (χ4v) is 1.72. The van der Waals surface area contributed by atoms with Crippen molar-refractivity contribution < 1.29 is 19.3 Å². The molecule has 8 heteroatoms. The third-order valence-corrected chi connectivity index (χ3v) is 2.69. The van der Waals surface area contributed by atoms with Gasteiger partial charge in [-0.2, -0.15) is 0 Å². The molecule has 4 amide bonds. The van der Waals surface area contributed by atoms with Crippen molar-refractivity contribution in [2.45, 2.75) is 6.42 Å². The molecule has 8 nitrogen and oxygen atoms in total. The Bertz CT molecular complexity index is 546. The SMILES string of the molecule is O=C1NC(=O)C(Cc2ccc([N+](=O)[O-])cc2)C(=O)N1. The molecule has 0 unspecified atom stereocenters. The average molecular weight is 263 g/mol. The van der Waals surface area contributed by atoms with Crippen molar-refractivity contribution >= 4 is 23.5 Å². The Kier molecular flexibility index (Phi) is 3.23. The molecule has 19 heavy (non-hydrogen) atoms. The summed E-state index contributed by atoms with van der Waals surface area (Å²) in [5.74, 6) is -2.36. The number of non-ortho nitro benzene ring substituents is 1. The largest absolute Gasteiger partial charge is 0.328 e. The number of hydrogen-bond donors (Lipinski definition) is 2. The number of imide groups is 2. The third kappa shape index (κ3) is 2.73. The first-order chi connectivity index (χ1) is 8.97. The molecule has 98 valence electrons. The van der Waals surface area contributed by atoms with Gasteiger partial charge in [-0.25, -0.2) is 4.79 Å². The topological polar surface area (TPSA) is 118 Å². The van der Waals surface area contributed by atoms with Crippen LogP contribution < -0.4 is 10.6 Å². The molecule has 0 bridgehead atoms. The standard InChI is InChI=1S/C11H9N3O5/c15-9-8(10(16)13-11(17)12-9)5-6-1-3-7(4-2-6)14(18)19/h1-4,8H,5H2,(H2,12,13,15,16,17). The summed E-state index contributed by atoms with van der Waals surface area (Å²) in [6, 6.07) is 4.68. The van der Waals surface area contributed by atoms with E-state index in [1.54, 1.807) is 0 Å². The number of rotatable bonds is 3. The van der Waals surface area contributed by atoms with Gasteiger partial charge in [-0.05, 0) is 12.0 Å². The van der Waals surface area contributed by atoms with Crippen LogP contribution in [0.3, 0.4) is 0 Å². The highest BCUT2D eigenvalue weighted by Crippen LogP contribution is 2.16. The molecule has 1 aromatic carbocycles. The molecule has 0 aliphatic carbocycles. The van der Waals surface area contributed by atoms with E-state index in [-0.39, 0.29) is 12.1 Å². The van der Waals surface area contributed by atoms with E-state index in [9.17, 15) is 24.5 Å². The van der Waals surface area contributed by atoms with Gasteiger partial charge in [-0.15, -0.1) is 0 Å². The van der Waals surface area contributed by atoms with Gasteiger partial charge >= 0.3 is 6.03 Å². The van der Waals surface area contributed by atoms with E-state index in [0.717, 1.165) is 0 Å². The van der Waals surface area contributed by atoms with E-state index in [4.69, 9.17) is 0 Å². The number of nitro benzene ring substituents is 1. The molecule has 1 heterocycles. The summed E-state index contributed by atoms with van der Waals surface area (Å²) in [5.41, 5.74) is 0.520. The minimum absolute atomic E-state index is 0.0724. The van der Waals surface area contributed by atoms with E-state index >= 15 is 0 Å². The number of barbiturate groups is 1. The van der Waals surface area contributed by atoms with Crippen molar-refractivity contribution in [1.82, 2.24) is 10.6 Å². The van der Waals surface area contributed by atoms with Crippen molar-refractivity contribution in [3.05, 3.63) is 39.9 Å². The monoisotopic (exact) mass is 263 g/mol. The molecule has 0 atom stereocenters. The summed E-state index contributed by atoms with van der Waals surface area (Å²) in [5, 5.41) is 14.5. The van der Waals surface area contributed by atoms with Crippen LogP contribution in [-0.2, 0) is 16.0 Å². The maximum absolute atomic E-state index is 11.5. The van der Waals surface area contributed by atoms with Gasteiger partial charge in [0.2, 0.25) is 11.8 Å². The molecule has 2 rings (SSSR count). The molecule has 1 fully saturated rings. The van der Waals surface area contributed by atoms with Crippen molar-refractivity contribution in [2.75, 3.05) is 0 Å². The van der Waals surface area contributed by atoms with Crippen LogP contribution in [0.5, 0.6) is 0 Å². The van der Waals surface area contributed by atoms with Crippen molar-refractivity contribution in [3.63, 3.8) is 0 Å². The summed E-state index contributed by atoms with van der Waals surface area (Å²) in [6.45, 7) is 0. The van der Waals surface area contributed by atoms with E-state index in [1.807, 2.05) is 10.6 Å². The van der Waals surface area contributed by atoms with Gasteiger partial charge in [-0.1, -0.05) is 12.1 Å². The Balaban J connectivity index is 2.12. The molecule has 0 radical (unpaired) electrons. The highest BCUT2D eigenvalue weighted by molar-refractivity contribution is 6.16. The minimum Gasteiger partial charge on any atom is -0.277 e. The maximum Gasteiger partial charge on any atom is 0.328 e. The summed E-state index contributed by atoms with van der Waals surface area (Å²) >= 11 is 0. The molecular formula is C11H9N3O5. The number of benzene rings is 1. The molecule has 1 aromatic rings. The molecule has 1 saturated heterocycles. The molecular weight excluding hydrogens is 254 g/mol. The predicted molar refractivity (Wildman–Crippen MR) is 62.0 cm³/mol. The Morgan fingerprint density at radius 3 is 2.05 bits per heavy atom. The second-order valence-corrected chi connectivity index (χ2v) is 3.99. The lowest BCUT2D eigenvalue weighted by molar-refractivity contribution is -0.384. The number of hydrogen-bond acceptors (Lipinski definition) is 5. The van der Waals surface area contributed by atoms with Gasteiger partial charge in [0.25, 0.3) is 5.69 Å². The van der Waals surface area contributed by atoms with Crippen LogP contribution >= 0.6 is 0 Å². The number of carbonyl (C=O) groups is 3.